The molecule has 0 spiro atoms. The molecule has 1 aromatic heterocycles. The van der Waals surface area contributed by atoms with E-state index in [0.717, 1.165) is 31.2 Å². The van der Waals surface area contributed by atoms with Crippen molar-refractivity contribution in [3.05, 3.63) is 30.1 Å². The van der Waals surface area contributed by atoms with E-state index in [1.54, 1.807) is 12.4 Å². The normalized spacial score (nSPS) is 14.1. The zero-order valence-electron chi connectivity index (χ0n) is 14.4. The lowest BCUT2D eigenvalue weighted by molar-refractivity contribution is -0.125. The van der Waals surface area contributed by atoms with Crippen LogP contribution in [0.3, 0.4) is 0 Å². The fraction of sp³-hybridized carbons (Fsp3) is 0.556. The van der Waals surface area contributed by atoms with Crippen LogP contribution in [0.2, 0.25) is 0 Å². The highest BCUT2D eigenvalue weighted by Crippen LogP contribution is 2.24. The minimum Gasteiger partial charge on any atom is -0.356 e. The van der Waals surface area contributed by atoms with Crippen molar-refractivity contribution < 1.29 is 14.4 Å². The fourth-order valence-corrected chi connectivity index (χ4v) is 2.83. The Morgan fingerprint density at radius 1 is 1.00 bits per heavy atom. The third-order valence-corrected chi connectivity index (χ3v) is 4.26. The molecular weight excluding hydrogens is 320 g/mol. The standard InChI is InChI=1S/C18H26N4O3/c23-16(8-11-21-18(25)15-5-1-2-6-15)20-10-7-17(24)22-13-14-4-3-9-19-12-14/h3-4,9,12,15H,1-2,5-8,10-11,13H2,(H,20,23)(H,21,25)(H,22,24). The van der Waals surface area contributed by atoms with E-state index < -0.39 is 0 Å². The van der Waals surface area contributed by atoms with Gasteiger partial charge in [0.25, 0.3) is 0 Å². The van der Waals surface area contributed by atoms with Crippen LogP contribution in [0.4, 0.5) is 0 Å². The molecule has 0 saturated heterocycles. The van der Waals surface area contributed by atoms with Crippen LogP contribution in [-0.2, 0) is 20.9 Å². The molecule has 7 heteroatoms. The average Bonchev–Trinajstić information content (AvgIpc) is 3.15. The molecule has 0 atom stereocenters. The van der Waals surface area contributed by atoms with Gasteiger partial charge in [-0.1, -0.05) is 18.9 Å². The Balaban J connectivity index is 1.50. The second kappa shape index (κ2) is 10.4. The minimum absolute atomic E-state index is 0.0556. The van der Waals surface area contributed by atoms with E-state index in [4.69, 9.17) is 0 Å². The molecule has 0 bridgehead atoms. The topological polar surface area (TPSA) is 100 Å². The summed E-state index contributed by atoms with van der Waals surface area (Å²) >= 11 is 0. The SMILES string of the molecule is O=C(CCNC(=O)C1CCCC1)NCCC(=O)NCc1cccnc1. The molecule has 3 N–H and O–H groups in total. The van der Waals surface area contributed by atoms with E-state index >= 15 is 0 Å². The molecule has 1 fully saturated rings. The maximum Gasteiger partial charge on any atom is 0.223 e. The number of rotatable bonds is 9. The van der Waals surface area contributed by atoms with E-state index in [-0.39, 0.29) is 43.0 Å². The van der Waals surface area contributed by atoms with Gasteiger partial charge in [-0.2, -0.15) is 0 Å². The van der Waals surface area contributed by atoms with Crippen LogP contribution in [0.5, 0.6) is 0 Å². The third kappa shape index (κ3) is 7.32. The van der Waals surface area contributed by atoms with E-state index in [9.17, 15) is 14.4 Å². The third-order valence-electron chi connectivity index (χ3n) is 4.26. The minimum atomic E-state index is -0.160. The highest BCUT2D eigenvalue weighted by atomic mass is 16.2. The number of pyridine rings is 1. The Kier molecular flexibility index (Phi) is 7.88. The van der Waals surface area contributed by atoms with Crippen LogP contribution in [0.25, 0.3) is 0 Å². The van der Waals surface area contributed by atoms with Gasteiger partial charge in [0.1, 0.15) is 0 Å². The zero-order chi connectivity index (χ0) is 17.9. The summed E-state index contributed by atoms with van der Waals surface area (Å²) in [5.74, 6) is -0.114. The predicted molar refractivity (Wildman–Crippen MR) is 93.3 cm³/mol. The number of hydrogen-bond donors (Lipinski definition) is 3. The number of carbonyl (C=O) groups is 3. The summed E-state index contributed by atoms with van der Waals surface area (Å²) in [5.41, 5.74) is 0.929. The Bertz CT molecular complexity index is 571. The molecule has 7 nitrogen and oxygen atoms in total. The highest BCUT2D eigenvalue weighted by Gasteiger charge is 2.22. The van der Waals surface area contributed by atoms with Gasteiger partial charge in [-0.3, -0.25) is 19.4 Å². The molecule has 0 radical (unpaired) electrons. The molecular formula is C18H26N4O3. The number of aromatic nitrogens is 1. The highest BCUT2D eigenvalue weighted by molar-refractivity contribution is 5.81. The van der Waals surface area contributed by atoms with E-state index in [0.29, 0.717) is 13.1 Å². The summed E-state index contributed by atoms with van der Waals surface area (Å²) in [4.78, 5) is 39.2. The van der Waals surface area contributed by atoms with Crippen molar-refractivity contribution >= 4 is 17.7 Å². The van der Waals surface area contributed by atoms with Crippen LogP contribution in [0, 0.1) is 5.92 Å². The fourth-order valence-electron chi connectivity index (χ4n) is 2.83. The first-order valence-electron chi connectivity index (χ1n) is 8.85. The van der Waals surface area contributed by atoms with Gasteiger partial charge < -0.3 is 16.0 Å². The Morgan fingerprint density at radius 2 is 1.68 bits per heavy atom. The Hall–Kier alpha value is -2.44. The number of hydrogen-bond acceptors (Lipinski definition) is 4. The van der Waals surface area contributed by atoms with E-state index in [1.165, 1.54) is 0 Å². The van der Waals surface area contributed by atoms with Gasteiger partial charge in [-0.15, -0.1) is 0 Å². The van der Waals surface area contributed by atoms with Gasteiger partial charge in [-0.05, 0) is 24.5 Å². The Morgan fingerprint density at radius 3 is 2.36 bits per heavy atom. The quantitative estimate of drug-likeness (QED) is 0.618. The molecule has 136 valence electrons. The number of nitrogens with one attached hydrogen (secondary N) is 3. The van der Waals surface area contributed by atoms with E-state index in [2.05, 4.69) is 20.9 Å². The summed E-state index contributed by atoms with van der Waals surface area (Å²) in [6, 6.07) is 3.70. The van der Waals surface area contributed by atoms with Crippen LogP contribution < -0.4 is 16.0 Å². The smallest absolute Gasteiger partial charge is 0.223 e. The van der Waals surface area contributed by atoms with Gasteiger partial charge in [0.15, 0.2) is 0 Å². The molecule has 3 amide bonds. The van der Waals surface area contributed by atoms with Crippen molar-refractivity contribution in [2.75, 3.05) is 13.1 Å². The monoisotopic (exact) mass is 346 g/mol. The zero-order valence-corrected chi connectivity index (χ0v) is 14.4. The molecule has 0 aromatic carbocycles. The first-order valence-corrected chi connectivity index (χ1v) is 8.85. The van der Waals surface area contributed by atoms with Gasteiger partial charge in [0.2, 0.25) is 17.7 Å². The summed E-state index contributed by atoms with van der Waals surface area (Å²) in [5, 5.41) is 8.27. The summed E-state index contributed by atoms with van der Waals surface area (Å²) < 4.78 is 0. The molecule has 0 unspecified atom stereocenters. The average molecular weight is 346 g/mol. The van der Waals surface area contributed by atoms with Crippen molar-refractivity contribution in [1.82, 2.24) is 20.9 Å². The lowest BCUT2D eigenvalue weighted by Crippen LogP contribution is -2.35. The van der Waals surface area contributed by atoms with Crippen LogP contribution in [-0.4, -0.2) is 35.8 Å². The van der Waals surface area contributed by atoms with E-state index in [1.807, 2.05) is 12.1 Å². The molecule has 1 aliphatic carbocycles. The number of carbonyl (C=O) groups excluding carboxylic acids is 3. The lowest BCUT2D eigenvalue weighted by Gasteiger charge is -2.10. The van der Waals surface area contributed by atoms with Crippen molar-refractivity contribution in [3.63, 3.8) is 0 Å². The van der Waals surface area contributed by atoms with Crippen molar-refractivity contribution in [2.45, 2.75) is 45.1 Å². The Labute approximate surface area is 148 Å². The van der Waals surface area contributed by atoms with Crippen molar-refractivity contribution in [3.8, 4) is 0 Å². The van der Waals surface area contributed by atoms with Gasteiger partial charge in [0.05, 0.1) is 0 Å². The van der Waals surface area contributed by atoms with Gasteiger partial charge in [0, 0.05) is 50.8 Å². The van der Waals surface area contributed by atoms with Gasteiger partial charge >= 0.3 is 0 Å². The molecule has 0 aliphatic heterocycles. The lowest BCUT2D eigenvalue weighted by atomic mass is 10.1. The predicted octanol–water partition coefficient (Wildman–Crippen LogP) is 0.901. The molecule has 1 aliphatic rings. The molecule has 25 heavy (non-hydrogen) atoms. The number of amides is 3. The second-order valence-corrected chi connectivity index (χ2v) is 6.26. The molecule has 2 rings (SSSR count). The van der Waals surface area contributed by atoms with Gasteiger partial charge in [-0.25, -0.2) is 0 Å². The number of nitrogens with zero attached hydrogens (tertiary/aromatic N) is 1. The maximum atomic E-state index is 11.8. The second-order valence-electron chi connectivity index (χ2n) is 6.26. The first-order chi connectivity index (χ1) is 12.1. The molecule has 1 saturated carbocycles. The first kappa shape index (κ1) is 18.9. The molecule has 1 heterocycles. The maximum absolute atomic E-state index is 11.8. The van der Waals surface area contributed by atoms with Crippen LogP contribution in [0.15, 0.2) is 24.5 Å². The van der Waals surface area contributed by atoms with Crippen LogP contribution in [0.1, 0.15) is 44.1 Å². The summed E-state index contributed by atoms with van der Waals surface area (Å²) in [7, 11) is 0. The summed E-state index contributed by atoms with van der Waals surface area (Å²) in [6.07, 6.45) is 7.95. The largest absolute Gasteiger partial charge is 0.356 e. The molecule has 1 aromatic rings. The van der Waals surface area contributed by atoms with Crippen LogP contribution >= 0.6 is 0 Å². The van der Waals surface area contributed by atoms with Crippen molar-refractivity contribution in [2.24, 2.45) is 5.92 Å². The summed E-state index contributed by atoms with van der Waals surface area (Å²) in [6.45, 7) is 1.05. The van der Waals surface area contributed by atoms with Crippen molar-refractivity contribution in [1.29, 1.82) is 0 Å².